The van der Waals surface area contributed by atoms with Crippen molar-refractivity contribution in [1.82, 2.24) is 0 Å². The Kier molecular flexibility index (Phi) is 3.12. The second kappa shape index (κ2) is 3.95. The molecule has 0 saturated carbocycles. The molecule has 1 rings (SSSR count). The van der Waals surface area contributed by atoms with Crippen molar-refractivity contribution < 1.29 is 8.42 Å². The second-order valence-electron chi connectivity index (χ2n) is 2.51. The lowest BCUT2D eigenvalue weighted by Crippen LogP contribution is -1.88. The highest BCUT2D eigenvalue weighted by Gasteiger charge is 1.92. The predicted octanol–water partition coefficient (Wildman–Crippen LogP) is 1.80. The van der Waals surface area contributed by atoms with Gasteiger partial charge in [0.25, 0.3) is 0 Å². The van der Waals surface area contributed by atoms with Gasteiger partial charge in [0.15, 0.2) is 0 Å². The summed E-state index contributed by atoms with van der Waals surface area (Å²) >= 11 is 3.27. The van der Waals surface area contributed by atoms with Crippen molar-refractivity contribution in [2.24, 2.45) is 0 Å². The van der Waals surface area contributed by atoms with E-state index in [1.54, 1.807) is 18.2 Å². The molecule has 1 aromatic carbocycles. The highest BCUT2D eigenvalue weighted by molar-refractivity contribution is 9.10. The van der Waals surface area contributed by atoms with Crippen LogP contribution in [0.3, 0.4) is 0 Å². The fourth-order valence-corrected chi connectivity index (χ4v) is 1.42. The lowest BCUT2D eigenvalue weighted by atomic mass is 10.2. The Morgan fingerprint density at radius 2 is 2.08 bits per heavy atom. The minimum atomic E-state index is -3.21. The van der Waals surface area contributed by atoms with Gasteiger partial charge in [0.05, 0.1) is 6.26 Å². The van der Waals surface area contributed by atoms with Gasteiger partial charge < -0.3 is 0 Å². The average Bonchev–Trinajstić information content (AvgIpc) is 2.00. The van der Waals surface area contributed by atoms with Crippen molar-refractivity contribution >= 4 is 25.8 Å². The summed E-state index contributed by atoms with van der Waals surface area (Å²) in [5.74, 6) is 2.56. The van der Waals surface area contributed by atoms with E-state index < -0.39 is 9.84 Å². The van der Waals surface area contributed by atoms with Gasteiger partial charge in [-0.15, -0.1) is 0 Å². The minimum absolute atomic E-state index is 0.680. The largest absolute Gasteiger partial charge is 0.216 e. The Morgan fingerprint density at radius 1 is 1.38 bits per heavy atom. The highest BCUT2D eigenvalue weighted by Crippen LogP contribution is 2.10. The van der Waals surface area contributed by atoms with Crippen LogP contribution >= 0.6 is 15.9 Å². The van der Waals surface area contributed by atoms with Crippen LogP contribution in [0.1, 0.15) is 5.56 Å². The van der Waals surface area contributed by atoms with Crippen LogP contribution in [0.2, 0.25) is 0 Å². The maximum atomic E-state index is 10.7. The van der Waals surface area contributed by atoms with Gasteiger partial charge in [-0.3, -0.25) is 0 Å². The molecule has 1 aromatic rings. The first-order valence-electron chi connectivity index (χ1n) is 3.46. The van der Waals surface area contributed by atoms with Crippen molar-refractivity contribution in [3.05, 3.63) is 34.3 Å². The van der Waals surface area contributed by atoms with Crippen LogP contribution in [0.4, 0.5) is 0 Å². The van der Waals surface area contributed by atoms with Crippen molar-refractivity contribution in [2.75, 3.05) is 6.26 Å². The first kappa shape index (κ1) is 10.3. The molecule has 0 aromatic heterocycles. The van der Waals surface area contributed by atoms with Crippen LogP contribution in [0.25, 0.3) is 0 Å². The van der Waals surface area contributed by atoms with Gasteiger partial charge in [0.1, 0.15) is 0 Å². The summed E-state index contributed by atoms with van der Waals surface area (Å²) in [6.45, 7) is 0. The first-order valence-corrected chi connectivity index (χ1v) is 6.14. The van der Waals surface area contributed by atoms with E-state index in [1.807, 2.05) is 6.07 Å². The topological polar surface area (TPSA) is 34.1 Å². The average molecular weight is 259 g/mol. The third kappa shape index (κ3) is 4.11. The maximum absolute atomic E-state index is 10.7. The van der Waals surface area contributed by atoms with Crippen molar-refractivity contribution in [3.63, 3.8) is 0 Å². The lowest BCUT2D eigenvalue weighted by molar-refractivity contribution is 0.611. The molecule has 4 heteroatoms. The molecule has 0 fully saturated rings. The quantitative estimate of drug-likeness (QED) is 0.666. The number of benzene rings is 1. The second-order valence-corrected chi connectivity index (χ2v) is 5.17. The zero-order chi connectivity index (χ0) is 9.90. The summed E-state index contributed by atoms with van der Waals surface area (Å²) in [7, 11) is -3.21. The summed E-state index contributed by atoms with van der Waals surface area (Å²) < 4.78 is 22.3. The van der Waals surface area contributed by atoms with Gasteiger partial charge >= 0.3 is 0 Å². The van der Waals surface area contributed by atoms with Crippen molar-refractivity contribution in [1.29, 1.82) is 0 Å². The Hall–Kier alpha value is -0.790. The van der Waals surface area contributed by atoms with Crippen molar-refractivity contribution in [3.8, 4) is 11.2 Å². The molecule has 0 saturated heterocycles. The Bertz CT molecular complexity index is 466. The SMILES string of the molecule is CS(=O)(=O)C#Cc1cccc(Br)c1. The zero-order valence-electron chi connectivity index (χ0n) is 6.91. The van der Waals surface area contributed by atoms with E-state index in [2.05, 4.69) is 27.1 Å². The van der Waals surface area contributed by atoms with E-state index in [0.717, 1.165) is 10.7 Å². The zero-order valence-corrected chi connectivity index (χ0v) is 9.31. The Balaban J connectivity index is 3.04. The van der Waals surface area contributed by atoms with Gasteiger partial charge in [0, 0.05) is 15.3 Å². The first-order chi connectivity index (χ1) is 5.97. The number of rotatable bonds is 0. The Morgan fingerprint density at radius 3 is 2.62 bits per heavy atom. The molecule has 13 heavy (non-hydrogen) atoms. The smallest absolute Gasteiger partial charge is 0.214 e. The van der Waals surface area contributed by atoms with E-state index in [0.29, 0.717) is 5.56 Å². The van der Waals surface area contributed by atoms with Crippen LogP contribution in [0, 0.1) is 11.2 Å². The lowest BCUT2D eigenvalue weighted by Gasteiger charge is -1.90. The summed E-state index contributed by atoms with van der Waals surface area (Å²) in [6, 6.07) is 7.17. The third-order valence-corrected chi connectivity index (χ3v) is 2.17. The molecule has 0 aliphatic carbocycles. The fourth-order valence-electron chi connectivity index (χ4n) is 0.718. The molecule has 0 aliphatic heterocycles. The maximum Gasteiger partial charge on any atom is 0.214 e. The van der Waals surface area contributed by atoms with E-state index in [-0.39, 0.29) is 0 Å². The number of hydrogen-bond acceptors (Lipinski definition) is 2. The van der Waals surface area contributed by atoms with Crippen molar-refractivity contribution in [2.45, 2.75) is 0 Å². The van der Waals surface area contributed by atoms with Crippen LogP contribution in [-0.4, -0.2) is 14.7 Å². The van der Waals surface area contributed by atoms with E-state index in [1.165, 1.54) is 0 Å². The summed E-state index contributed by atoms with van der Waals surface area (Å²) in [6.07, 6.45) is 1.08. The molecular formula is C9H7BrO2S. The molecular weight excluding hydrogens is 252 g/mol. The van der Waals surface area contributed by atoms with E-state index in [4.69, 9.17) is 0 Å². The third-order valence-electron chi connectivity index (χ3n) is 1.21. The van der Waals surface area contributed by atoms with Gasteiger partial charge in [-0.1, -0.05) is 22.0 Å². The summed E-state index contributed by atoms with van der Waals surface area (Å²) in [4.78, 5) is 0. The normalized spacial score (nSPS) is 10.3. The van der Waals surface area contributed by atoms with Gasteiger partial charge in [-0.25, -0.2) is 8.42 Å². The Labute approximate surface area is 86.0 Å². The number of hydrogen-bond donors (Lipinski definition) is 0. The molecule has 0 spiro atoms. The van der Waals surface area contributed by atoms with Gasteiger partial charge in [-0.05, 0) is 24.1 Å². The molecule has 0 heterocycles. The van der Waals surface area contributed by atoms with E-state index in [9.17, 15) is 8.42 Å². The molecule has 0 N–H and O–H groups in total. The molecule has 0 unspecified atom stereocenters. The molecule has 68 valence electrons. The molecule has 0 amide bonds. The molecule has 0 radical (unpaired) electrons. The summed E-state index contributed by atoms with van der Waals surface area (Å²) in [5.41, 5.74) is 0.680. The molecule has 0 atom stereocenters. The standard InChI is InChI=1S/C9H7BrO2S/c1-13(11,12)6-5-8-3-2-4-9(10)7-8/h2-4,7H,1H3. The number of halogens is 1. The fraction of sp³-hybridized carbons (Fsp3) is 0.111. The highest BCUT2D eigenvalue weighted by atomic mass is 79.9. The van der Waals surface area contributed by atoms with E-state index >= 15 is 0 Å². The number of sulfone groups is 1. The van der Waals surface area contributed by atoms with Crippen LogP contribution in [0.15, 0.2) is 28.7 Å². The molecule has 2 nitrogen and oxygen atoms in total. The minimum Gasteiger partial charge on any atom is -0.216 e. The van der Waals surface area contributed by atoms with Crippen LogP contribution in [0.5, 0.6) is 0 Å². The summed E-state index contributed by atoms with van der Waals surface area (Å²) in [5, 5.41) is 2.17. The van der Waals surface area contributed by atoms with Gasteiger partial charge in [0.2, 0.25) is 9.84 Å². The molecule has 0 bridgehead atoms. The van der Waals surface area contributed by atoms with Crippen LogP contribution < -0.4 is 0 Å². The molecule has 0 aliphatic rings. The predicted molar refractivity (Wildman–Crippen MR) is 55.9 cm³/mol. The van der Waals surface area contributed by atoms with Gasteiger partial charge in [-0.2, -0.15) is 0 Å². The van der Waals surface area contributed by atoms with Crippen LogP contribution in [-0.2, 0) is 9.84 Å². The monoisotopic (exact) mass is 258 g/mol.